The molecule has 0 unspecified atom stereocenters. The summed E-state index contributed by atoms with van der Waals surface area (Å²) >= 11 is 0. The first-order valence-corrected chi connectivity index (χ1v) is 10.9. The van der Waals surface area contributed by atoms with Gasteiger partial charge < -0.3 is 20.3 Å². The molecule has 0 bridgehead atoms. The molecule has 2 heterocycles. The molecule has 2 aliphatic rings. The van der Waals surface area contributed by atoms with Gasteiger partial charge in [0.25, 0.3) is 0 Å². The van der Waals surface area contributed by atoms with Crippen molar-refractivity contribution in [1.82, 2.24) is 20.4 Å². The number of likely N-dealkylation sites (tertiary alicyclic amines) is 2. The molecule has 1 aromatic rings. The van der Waals surface area contributed by atoms with Crippen molar-refractivity contribution in [2.45, 2.75) is 50.8 Å². The van der Waals surface area contributed by atoms with Crippen molar-refractivity contribution in [2.24, 2.45) is 4.99 Å². The van der Waals surface area contributed by atoms with Gasteiger partial charge in [0, 0.05) is 31.2 Å². The number of nitrogens with zero attached hydrogens (tertiary/aromatic N) is 3. The lowest BCUT2D eigenvalue weighted by Gasteiger charge is -2.50. The highest BCUT2D eigenvalue weighted by Gasteiger charge is 2.39. The van der Waals surface area contributed by atoms with Crippen molar-refractivity contribution < 1.29 is 13.5 Å². The second-order valence-electron chi connectivity index (χ2n) is 8.34. The lowest BCUT2D eigenvalue weighted by molar-refractivity contribution is -0.0504. The van der Waals surface area contributed by atoms with Crippen LogP contribution in [-0.2, 0) is 6.54 Å². The first kappa shape index (κ1) is 22.7. The Bertz CT molecular complexity index is 686. The van der Waals surface area contributed by atoms with Crippen LogP contribution in [-0.4, -0.2) is 74.7 Å². The van der Waals surface area contributed by atoms with Crippen molar-refractivity contribution in [1.29, 1.82) is 0 Å². The number of hydrogen-bond acceptors (Lipinski definition) is 4. The summed E-state index contributed by atoms with van der Waals surface area (Å²) in [6, 6.07) is 6.85. The fourth-order valence-electron chi connectivity index (χ4n) is 4.52. The Labute approximate surface area is 178 Å². The Morgan fingerprint density at radius 2 is 1.80 bits per heavy atom. The molecular weight excluding hydrogens is 388 g/mol. The number of hydrogen-bond donors (Lipinski definition) is 2. The van der Waals surface area contributed by atoms with E-state index in [2.05, 4.69) is 37.2 Å². The summed E-state index contributed by atoms with van der Waals surface area (Å²) < 4.78 is 29.9. The zero-order valence-electron chi connectivity index (χ0n) is 18.2. The normalized spacial score (nSPS) is 20.9. The van der Waals surface area contributed by atoms with E-state index in [-0.39, 0.29) is 11.3 Å². The summed E-state index contributed by atoms with van der Waals surface area (Å²) in [5.41, 5.74) is 0.812. The van der Waals surface area contributed by atoms with Crippen LogP contribution >= 0.6 is 0 Å². The molecule has 0 atom stereocenters. The van der Waals surface area contributed by atoms with Crippen molar-refractivity contribution in [3.8, 4) is 5.75 Å². The summed E-state index contributed by atoms with van der Waals surface area (Å²) in [7, 11) is 3.92. The third kappa shape index (κ3) is 6.04. The van der Waals surface area contributed by atoms with E-state index in [1.165, 1.54) is 19.3 Å². The van der Waals surface area contributed by atoms with E-state index in [0.29, 0.717) is 18.1 Å². The van der Waals surface area contributed by atoms with E-state index < -0.39 is 6.61 Å². The Hall–Kier alpha value is -1.93. The van der Waals surface area contributed by atoms with Gasteiger partial charge in [-0.15, -0.1) is 0 Å². The molecule has 0 amide bonds. The molecule has 0 aliphatic carbocycles. The van der Waals surface area contributed by atoms with Gasteiger partial charge in [-0.2, -0.15) is 8.78 Å². The topological polar surface area (TPSA) is 52.1 Å². The number of para-hydroxylation sites is 1. The summed E-state index contributed by atoms with van der Waals surface area (Å²) in [5.74, 6) is 0.868. The molecule has 8 heteroatoms. The standard InChI is InChI=1S/C22H35F2N5O/c1-25-21(26-16-18-8-4-5-9-19(18)30-20(23)24)27-17-22(10-14-28(2)15-11-22)29-12-6-3-7-13-29/h4-5,8-9,20H,3,6-7,10-17H2,1-2H3,(H2,25,26,27). The van der Waals surface area contributed by atoms with Crippen LogP contribution in [0.4, 0.5) is 8.78 Å². The van der Waals surface area contributed by atoms with Crippen LogP contribution in [0.1, 0.15) is 37.7 Å². The molecule has 0 spiro atoms. The van der Waals surface area contributed by atoms with Gasteiger partial charge in [0.15, 0.2) is 5.96 Å². The highest BCUT2D eigenvalue weighted by Crippen LogP contribution is 2.31. The number of rotatable bonds is 7. The van der Waals surface area contributed by atoms with Crippen LogP contribution in [0, 0.1) is 0 Å². The molecule has 168 valence electrons. The predicted octanol–water partition coefficient (Wildman–Crippen LogP) is 2.90. The zero-order chi connectivity index (χ0) is 21.4. The second-order valence-corrected chi connectivity index (χ2v) is 8.34. The Morgan fingerprint density at radius 1 is 1.10 bits per heavy atom. The van der Waals surface area contributed by atoms with Gasteiger partial charge in [0.1, 0.15) is 5.75 Å². The van der Waals surface area contributed by atoms with Crippen LogP contribution < -0.4 is 15.4 Å². The molecular formula is C22H35F2N5O. The fraction of sp³-hybridized carbons (Fsp3) is 0.682. The molecule has 0 saturated carbocycles. The van der Waals surface area contributed by atoms with E-state index in [1.54, 1.807) is 25.2 Å². The van der Waals surface area contributed by atoms with Crippen LogP contribution in [0.15, 0.2) is 29.3 Å². The second kappa shape index (κ2) is 10.9. The highest BCUT2D eigenvalue weighted by atomic mass is 19.3. The van der Waals surface area contributed by atoms with Crippen LogP contribution in [0.2, 0.25) is 0 Å². The molecule has 1 aromatic carbocycles. The monoisotopic (exact) mass is 423 g/mol. The number of piperidine rings is 2. The van der Waals surface area contributed by atoms with E-state index in [4.69, 9.17) is 0 Å². The predicted molar refractivity (Wildman–Crippen MR) is 116 cm³/mol. The van der Waals surface area contributed by atoms with Gasteiger partial charge in [-0.3, -0.25) is 9.89 Å². The van der Waals surface area contributed by atoms with Gasteiger partial charge in [0.05, 0.1) is 0 Å². The minimum Gasteiger partial charge on any atom is -0.434 e. The van der Waals surface area contributed by atoms with E-state index in [0.717, 1.165) is 45.6 Å². The van der Waals surface area contributed by atoms with Crippen LogP contribution in [0.25, 0.3) is 0 Å². The number of aliphatic imine (C=N–C) groups is 1. The fourth-order valence-corrected chi connectivity index (χ4v) is 4.52. The third-order valence-electron chi connectivity index (χ3n) is 6.39. The Morgan fingerprint density at radius 3 is 2.47 bits per heavy atom. The SMILES string of the molecule is CN=C(NCc1ccccc1OC(F)F)NCC1(N2CCCCC2)CCN(C)CC1. The summed E-state index contributed by atoms with van der Waals surface area (Å²) in [6.07, 6.45) is 6.14. The molecule has 0 aromatic heterocycles. The molecule has 3 rings (SSSR count). The molecule has 30 heavy (non-hydrogen) atoms. The molecule has 6 nitrogen and oxygen atoms in total. The van der Waals surface area contributed by atoms with Crippen molar-refractivity contribution in [3.63, 3.8) is 0 Å². The third-order valence-corrected chi connectivity index (χ3v) is 6.39. The largest absolute Gasteiger partial charge is 0.434 e. The van der Waals surface area contributed by atoms with Gasteiger partial charge in [-0.25, -0.2) is 0 Å². The zero-order valence-corrected chi connectivity index (χ0v) is 18.2. The van der Waals surface area contributed by atoms with E-state index >= 15 is 0 Å². The first-order chi connectivity index (χ1) is 14.5. The number of benzene rings is 1. The molecule has 2 aliphatic heterocycles. The van der Waals surface area contributed by atoms with E-state index in [1.807, 2.05) is 6.07 Å². The van der Waals surface area contributed by atoms with Gasteiger partial charge in [0.2, 0.25) is 0 Å². The molecule has 2 saturated heterocycles. The number of alkyl halides is 2. The number of nitrogens with one attached hydrogen (secondary N) is 2. The van der Waals surface area contributed by atoms with Crippen LogP contribution in [0.5, 0.6) is 5.75 Å². The average molecular weight is 424 g/mol. The minimum atomic E-state index is -2.84. The number of ether oxygens (including phenoxy) is 1. The Kier molecular flexibility index (Phi) is 8.27. The summed E-state index contributed by atoms with van der Waals surface area (Å²) in [4.78, 5) is 9.42. The van der Waals surface area contributed by atoms with Gasteiger partial charge in [-0.1, -0.05) is 24.6 Å². The van der Waals surface area contributed by atoms with E-state index in [9.17, 15) is 8.78 Å². The minimum absolute atomic E-state index is 0.140. The first-order valence-electron chi connectivity index (χ1n) is 10.9. The lowest BCUT2D eigenvalue weighted by atomic mass is 9.84. The number of guanidine groups is 1. The molecule has 2 N–H and O–H groups in total. The van der Waals surface area contributed by atoms with Gasteiger partial charge >= 0.3 is 6.61 Å². The lowest BCUT2D eigenvalue weighted by Crippen LogP contribution is -2.62. The smallest absolute Gasteiger partial charge is 0.387 e. The summed E-state index contributed by atoms with van der Waals surface area (Å²) in [5, 5.41) is 6.77. The maximum atomic E-state index is 12.7. The van der Waals surface area contributed by atoms with Gasteiger partial charge in [-0.05, 0) is 65.0 Å². The molecule has 0 radical (unpaired) electrons. The average Bonchev–Trinajstić information content (AvgIpc) is 2.76. The maximum Gasteiger partial charge on any atom is 0.387 e. The number of halogens is 2. The summed E-state index contributed by atoms with van der Waals surface area (Å²) in [6.45, 7) is 2.88. The molecule has 2 fully saturated rings. The van der Waals surface area contributed by atoms with Crippen molar-refractivity contribution in [2.75, 3.05) is 46.8 Å². The quantitative estimate of drug-likeness (QED) is 0.522. The maximum absolute atomic E-state index is 12.7. The highest BCUT2D eigenvalue weighted by molar-refractivity contribution is 5.79. The Balaban J connectivity index is 1.60. The van der Waals surface area contributed by atoms with Crippen LogP contribution in [0.3, 0.4) is 0 Å². The van der Waals surface area contributed by atoms with Crippen molar-refractivity contribution >= 4 is 5.96 Å². The van der Waals surface area contributed by atoms with Crippen molar-refractivity contribution in [3.05, 3.63) is 29.8 Å².